The molecule has 16 heavy (non-hydrogen) atoms. The molecule has 1 N–H and O–H groups in total. The second-order valence-corrected chi connectivity index (χ2v) is 3.80. The standard InChI is InChI=1S/C12H9FN2O/c1-15-11-8(3-2-4-10(11)13)9-5-7(6-16)14-12(9)15/h2-6,14H,1H3. The number of carbonyl (C=O) groups excluding carboxylic acids is 1. The number of fused-ring (bicyclic) bond motifs is 3. The minimum absolute atomic E-state index is 0.253. The molecule has 0 spiro atoms. The molecule has 4 heteroatoms. The zero-order chi connectivity index (χ0) is 11.3. The van der Waals surface area contributed by atoms with E-state index < -0.39 is 0 Å². The molecule has 0 bridgehead atoms. The number of aromatic amines is 1. The Labute approximate surface area is 90.5 Å². The van der Waals surface area contributed by atoms with Gasteiger partial charge in [0.05, 0.1) is 11.2 Å². The molecule has 0 aliphatic heterocycles. The minimum atomic E-state index is -0.253. The number of aromatic nitrogens is 2. The van der Waals surface area contributed by atoms with Gasteiger partial charge in [0.1, 0.15) is 11.5 Å². The summed E-state index contributed by atoms with van der Waals surface area (Å²) in [7, 11) is 1.78. The van der Waals surface area contributed by atoms with Crippen molar-refractivity contribution in [3.05, 3.63) is 35.8 Å². The molecule has 3 aromatic rings. The van der Waals surface area contributed by atoms with Crippen molar-refractivity contribution in [1.82, 2.24) is 9.55 Å². The van der Waals surface area contributed by atoms with Gasteiger partial charge in [-0.15, -0.1) is 0 Å². The van der Waals surface area contributed by atoms with E-state index in [9.17, 15) is 9.18 Å². The fraction of sp³-hybridized carbons (Fsp3) is 0.0833. The summed E-state index contributed by atoms with van der Waals surface area (Å²) in [6.07, 6.45) is 0.755. The summed E-state index contributed by atoms with van der Waals surface area (Å²) in [6.45, 7) is 0. The van der Waals surface area contributed by atoms with Gasteiger partial charge >= 0.3 is 0 Å². The molecular weight excluding hydrogens is 207 g/mol. The van der Waals surface area contributed by atoms with E-state index in [1.54, 1.807) is 23.7 Å². The number of rotatable bonds is 1. The monoisotopic (exact) mass is 216 g/mol. The Morgan fingerprint density at radius 2 is 2.19 bits per heavy atom. The van der Waals surface area contributed by atoms with Crippen molar-refractivity contribution < 1.29 is 9.18 Å². The van der Waals surface area contributed by atoms with Crippen LogP contribution in [0.3, 0.4) is 0 Å². The van der Waals surface area contributed by atoms with Crippen molar-refractivity contribution in [3.63, 3.8) is 0 Å². The molecular formula is C12H9FN2O. The van der Waals surface area contributed by atoms with Gasteiger partial charge in [-0.2, -0.15) is 0 Å². The molecule has 0 aliphatic rings. The van der Waals surface area contributed by atoms with Crippen LogP contribution in [0.15, 0.2) is 24.3 Å². The van der Waals surface area contributed by atoms with Gasteiger partial charge in [-0.25, -0.2) is 4.39 Å². The van der Waals surface area contributed by atoms with Crippen LogP contribution in [0.2, 0.25) is 0 Å². The van der Waals surface area contributed by atoms with Gasteiger partial charge in [0, 0.05) is 17.8 Å². The number of carbonyl (C=O) groups is 1. The zero-order valence-corrected chi connectivity index (χ0v) is 8.62. The lowest BCUT2D eigenvalue weighted by Gasteiger charge is -1.98. The maximum Gasteiger partial charge on any atom is 0.166 e. The number of para-hydroxylation sites is 1. The fourth-order valence-electron chi connectivity index (χ4n) is 2.18. The van der Waals surface area contributed by atoms with Gasteiger partial charge in [-0.3, -0.25) is 4.79 Å². The molecule has 1 aromatic carbocycles. The van der Waals surface area contributed by atoms with Gasteiger partial charge in [-0.1, -0.05) is 12.1 Å². The highest BCUT2D eigenvalue weighted by Crippen LogP contribution is 2.29. The highest BCUT2D eigenvalue weighted by molar-refractivity contribution is 6.08. The highest BCUT2D eigenvalue weighted by Gasteiger charge is 2.13. The van der Waals surface area contributed by atoms with E-state index in [0.717, 1.165) is 22.7 Å². The smallest absolute Gasteiger partial charge is 0.166 e. The Balaban J connectivity index is 2.58. The van der Waals surface area contributed by atoms with Crippen LogP contribution in [0, 0.1) is 5.82 Å². The summed E-state index contributed by atoms with van der Waals surface area (Å²) in [5.41, 5.74) is 1.83. The lowest BCUT2D eigenvalue weighted by atomic mass is 10.2. The van der Waals surface area contributed by atoms with Crippen LogP contribution in [0.4, 0.5) is 4.39 Å². The van der Waals surface area contributed by atoms with Gasteiger partial charge in [0.2, 0.25) is 0 Å². The lowest BCUT2D eigenvalue weighted by molar-refractivity contribution is 0.111. The first-order valence-corrected chi connectivity index (χ1v) is 4.93. The summed E-state index contributed by atoms with van der Waals surface area (Å²) < 4.78 is 15.4. The summed E-state index contributed by atoms with van der Waals surface area (Å²) in [4.78, 5) is 13.6. The van der Waals surface area contributed by atoms with Crippen LogP contribution in [0.1, 0.15) is 10.5 Å². The molecule has 2 aromatic heterocycles. The average Bonchev–Trinajstić information content (AvgIpc) is 2.80. The van der Waals surface area contributed by atoms with Crippen molar-refractivity contribution in [2.75, 3.05) is 0 Å². The van der Waals surface area contributed by atoms with Crippen LogP contribution in [0.25, 0.3) is 21.9 Å². The first kappa shape index (κ1) is 9.15. The van der Waals surface area contributed by atoms with E-state index in [-0.39, 0.29) is 5.82 Å². The van der Waals surface area contributed by atoms with Crippen molar-refractivity contribution >= 4 is 28.2 Å². The highest BCUT2D eigenvalue weighted by atomic mass is 19.1. The van der Waals surface area contributed by atoms with Crippen LogP contribution < -0.4 is 0 Å². The Bertz CT molecular complexity index is 709. The van der Waals surface area contributed by atoms with Crippen LogP contribution in [0.5, 0.6) is 0 Å². The molecule has 0 saturated heterocycles. The fourth-order valence-corrected chi connectivity index (χ4v) is 2.18. The summed E-state index contributed by atoms with van der Waals surface area (Å²) in [5, 5.41) is 1.70. The molecule has 0 fully saturated rings. The second kappa shape index (κ2) is 2.95. The molecule has 3 rings (SSSR count). The van der Waals surface area contributed by atoms with Crippen LogP contribution in [-0.4, -0.2) is 15.8 Å². The largest absolute Gasteiger partial charge is 0.338 e. The molecule has 0 aliphatic carbocycles. The summed E-state index contributed by atoms with van der Waals surface area (Å²) in [5.74, 6) is -0.253. The number of nitrogens with zero attached hydrogens (tertiary/aromatic N) is 1. The van der Waals surface area contributed by atoms with Crippen molar-refractivity contribution in [2.24, 2.45) is 7.05 Å². The predicted molar refractivity (Wildman–Crippen MR) is 60.1 cm³/mol. The number of hydrogen-bond donors (Lipinski definition) is 1. The van der Waals surface area contributed by atoms with E-state index in [2.05, 4.69) is 4.98 Å². The van der Waals surface area contributed by atoms with Crippen molar-refractivity contribution in [1.29, 1.82) is 0 Å². The van der Waals surface area contributed by atoms with Gasteiger partial charge < -0.3 is 9.55 Å². The Kier molecular flexibility index (Phi) is 1.68. The second-order valence-electron chi connectivity index (χ2n) is 3.80. The number of nitrogens with one attached hydrogen (secondary N) is 1. The van der Waals surface area contributed by atoms with Crippen molar-refractivity contribution in [3.8, 4) is 0 Å². The maximum atomic E-state index is 13.6. The van der Waals surface area contributed by atoms with Crippen LogP contribution >= 0.6 is 0 Å². The molecule has 0 atom stereocenters. The first-order valence-electron chi connectivity index (χ1n) is 4.93. The van der Waals surface area contributed by atoms with E-state index >= 15 is 0 Å². The third kappa shape index (κ3) is 0.984. The number of benzene rings is 1. The van der Waals surface area contributed by atoms with Crippen molar-refractivity contribution in [2.45, 2.75) is 0 Å². The molecule has 80 valence electrons. The Morgan fingerprint density at radius 1 is 1.38 bits per heavy atom. The molecule has 3 nitrogen and oxygen atoms in total. The summed E-state index contributed by atoms with van der Waals surface area (Å²) in [6, 6.07) is 6.69. The van der Waals surface area contributed by atoms with E-state index in [1.807, 2.05) is 6.07 Å². The molecule has 0 unspecified atom stereocenters. The molecule has 2 heterocycles. The Morgan fingerprint density at radius 3 is 2.94 bits per heavy atom. The predicted octanol–water partition coefficient (Wildman–Crippen LogP) is 2.61. The topological polar surface area (TPSA) is 37.8 Å². The number of aryl methyl sites for hydroxylation is 1. The van der Waals surface area contributed by atoms with E-state index in [1.165, 1.54) is 6.07 Å². The van der Waals surface area contributed by atoms with Crippen LogP contribution in [-0.2, 0) is 7.05 Å². The number of H-pyrrole nitrogens is 1. The zero-order valence-electron chi connectivity index (χ0n) is 8.62. The quantitative estimate of drug-likeness (QED) is 0.624. The van der Waals surface area contributed by atoms with Gasteiger partial charge in [0.15, 0.2) is 6.29 Å². The molecule has 0 amide bonds. The normalized spacial score (nSPS) is 11.4. The summed E-state index contributed by atoms with van der Waals surface area (Å²) >= 11 is 0. The third-order valence-corrected chi connectivity index (χ3v) is 2.89. The Hall–Kier alpha value is -2.10. The van der Waals surface area contributed by atoms with Gasteiger partial charge in [0.25, 0.3) is 0 Å². The molecule has 0 saturated carbocycles. The molecule has 0 radical (unpaired) electrons. The number of hydrogen-bond acceptors (Lipinski definition) is 1. The lowest BCUT2D eigenvalue weighted by Crippen LogP contribution is -1.91. The first-order chi connectivity index (χ1) is 7.72. The van der Waals surface area contributed by atoms with Gasteiger partial charge in [-0.05, 0) is 12.1 Å². The SMILES string of the molecule is Cn1c2[nH]c(C=O)cc2c2cccc(F)c21. The van der Waals surface area contributed by atoms with E-state index in [4.69, 9.17) is 0 Å². The average molecular weight is 216 g/mol. The number of aldehydes is 1. The maximum absolute atomic E-state index is 13.6. The number of halogens is 1. The third-order valence-electron chi connectivity index (χ3n) is 2.89. The van der Waals surface area contributed by atoms with E-state index in [0.29, 0.717) is 11.2 Å². The minimum Gasteiger partial charge on any atom is -0.338 e.